The van der Waals surface area contributed by atoms with Gasteiger partial charge in [0.15, 0.2) is 0 Å². The van der Waals surface area contributed by atoms with E-state index in [-0.39, 0.29) is 5.91 Å². The van der Waals surface area contributed by atoms with Crippen molar-refractivity contribution in [2.24, 2.45) is 0 Å². The van der Waals surface area contributed by atoms with Gasteiger partial charge in [0, 0.05) is 15.7 Å². The van der Waals surface area contributed by atoms with E-state index < -0.39 is 0 Å². The maximum atomic E-state index is 12.9. The Labute approximate surface area is 156 Å². The smallest absolute Gasteiger partial charge is 0.256 e. The Morgan fingerprint density at radius 1 is 0.920 bits per heavy atom. The quantitative estimate of drug-likeness (QED) is 0.432. The van der Waals surface area contributed by atoms with E-state index in [2.05, 4.69) is 21.2 Å². The summed E-state index contributed by atoms with van der Waals surface area (Å²) in [5.74, 6) is -0.128. The normalized spacial score (nSPS) is 11.2. The zero-order valence-corrected chi connectivity index (χ0v) is 15.5. The van der Waals surface area contributed by atoms with Crippen LogP contribution in [0.3, 0.4) is 0 Å². The number of hydrogen-bond acceptors (Lipinski definition) is 1. The topological polar surface area (TPSA) is 29.1 Å². The third kappa shape index (κ3) is 4.46. The van der Waals surface area contributed by atoms with Gasteiger partial charge in [0.25, 0.3) is 5.91 Å². The molecule has 0 aliphatic rings. The van der Waals surface area contributed by atoms with E-state index in [1.165, 1.54) is 0 Å². The predicted octanol–water partition coefficient (Wildman–Crippen LogP) is 5.94. The molecule has 0 radical (unpaired) electrons. The predicted molar refractivity (Wildman–Crippen MR) is 108 cm³/mol. The molecule has 0 unspecified atom stereocenters. The Bertz CT molecular complexity index is 902. The molecule has 3 rings (SSSR count). The van der Waals surface area contributed by atoms with E-state index in [4.69, 9.17) is 0 Å². The van der Waals surface area contributed by atoms with Gasteiger partial charge in [-0.3, -0.25) is 4.79 Å². The van der Waals surface area contributed by atoms with Gasteiger partial charge in [-0.15, -0.1) is 0 Å². The van der Waals surface area contributed by atoms with E-state index in [1.54, 1.807) is 0 Å². The van der Waals surface area contributed by atoms with Gasteiger partial charge in [-0.2, -0.15) is 0 Å². The number of anilines is 1. The molecule has 0 aliphatic heterocycles. The molecule has 1 N–H and O–H groups in total. The summed E-state index contributed by atoms with van der Waals surface area (Å²) in [6.45, 7) is 2.00. The number of hydrogen-bond donors (Lipinski definition) is 1. The van der Waals surface area contributed by atoms with Crippen molar-refractivity contribution in [1.29, 1.82) is 0 Å². The average molecular weight is 392 g/mol. The second-order valence-electron chi connectivity index (χ2n) is 5.75. The summed E-state index contributed by atoms with van der Waals surface area (Å²) in [6, 6.07) is 25.3. The Morgan fingerprint density at radius 3 is 2.20 bits per heavy atom. The highest BCUT2D eigenvalue weighted by Gasteiger charge is 2.13. The molecule has 0 atom stereocenters. The highest BCUT2D eigenvalue weighted by molar-refractivity contribution is 9.10. The van der Waals surface area contributed by atoms with E-state index in [1.807, 2.05) is 91.9 Å². The third-order valence-corrected chi connectivity index (χ3v) is 4.75. The fraction of sp³-hybridized carbons (Fsp3) is 0.0455. The van der Waals surface area contributed by atoms with Crippen molar-refractivity contribution < 1.29 is 4.79 Å². The Morgan fingerprint density at radius 2 is 1.56 bits per heavy atom. The second-order valence-corrected chi connectivity index (χ2v) is 6.61. The lowest BCUT2D eigenvalue weighted by atomic mass is 10.0. The molecule has 0 aromatic heterocycles. The molecule has 3 aromatic rings. The van der Waals surface area contributed by atoms with E-state index in [0.717, 1.165) is 26.9 Å². The number of benzene rings is 3. The number of amides is 1. The summed E-state index contributed by atoms with van der Waals surface area (Å²) < 4.78 is 1.02. The van der Waals surface area contributed by atoms with Crippen molar-refractivity contribution in [3.05, 3.63) is 100 Å². The zero-order valence-electron chi connectivity index (χ0n) is 13.9. The van der Waals surface area contributed by atoms with Crippen molar-refractivity contribution in [2.45, 2.75) is 6.92 Å². The molecule has 0 heterocycles. The van der Waals surface area contributed by atoms with Gasteiger partial charge >= 0.3 is 0 Å². The van der Waals surface area contributed by atoms with Crippen molar-refractivity contribution in [1.82, 2.24) is 0 Å². The molecule has 124 valence electrons. The maximum absolute atomic E-state index is 12.9. The lowest BCUT2D eigenvalue weighted by Gasteiger charge is -2.11. The van der Waals surface area contributed by atoms with E-state index in [0.29, 0.717) is 5.57 Å². The van der Waals surface area contributed by atoms with Gasteiger partial charge in [-0.05, 0) is 47.9 Å². The van der Waals surface area contributed by atoms with Crippen LogP contribution in [0.2, 0.25) is 0 Å². The Balaban J connectivity index is 1.95. The van der Waals surface area contributed by atoms with Crippen LogP contribution in [0.5, 0.6) is 0 Å². The third-order valence-electron chi connectivity index (χ3n) is 3.86. The van der Waals surface area contributed by atoms with E-state index >= 15 is 0 Å². The van der Waals surface area contributed by atoms with Crippen molar-refractivity contribution in [2.75, 3.05) is 5.32 Å². The van der Waals surface area contributed by atoms with Crippen LogP contribution in [0.25, 0.3) is 11.6 Å². The van der Waals surface area contributed by atoms with Gasteiger partial charge in [0.2, 0.25) is 0 Å². The van der Waals surface area contributed by atoms with Gasteiger partial charge in [0.1, 0.15) is 0 Å². The van der Waals surface area contributed by atoms with Crippen molar-refractivity contribution >= 4 is 39.2 Å². The van der Waals surface area contributed by atoms with Gasteiger partial charge in [-0.1, -0.05) is 76.6 Å². The fourth-order valence-corrected chi connectivity index (χ4v) is 2.78. The van der Waals surface area contributed by atoms with Crippen molar-refractivity contribution in [3.8, 4) is 0 Å². The molecular weight excluding hydrogens is 374 g/mol. The number of halogens is 1. The number of aryl methyl sites for hydroxylation is 1. The van der Waals surface area contributed by atoms with Crippen LogP contribution in [-0.4, -0.2) is 5.91 Å². The highest BCUT2D eigenvalue weighted by atomic mass is 79.9. The van der Waals surface area contributed by atoms with E-state index in [9.17, 15) is 4.79 Å². The van der Waals surface area contributed by atoms with Gasteiger partial charge in [0.05, 0.1) is 0 Å². The van der Waals surface area contributed by atoms with Crippen LogP contribution < -0.4 is 5.32 Å². The fourth-order valence-electron chi connectivity index (χ4n) is 2.53. The summed E-state index contributed by atoms with van der Waals surface area (Å²) in [7, 11) is 0. The second kappa shape index (κ2) is 7.95. The molecular formula is C22H18BrNO. The molecule has 2 nitrogen and oxygen atoms in total. The van der Waals surface area contributed by atoms with Crippen LogP contribution in [0, 0.1) is 6.92 Å². The summed E-state index contributed by atoms with van der Waals surface area (Å²) in [4.78, 5) is 12.9. The van der Waals surface area contributed by atoms with Crippen LogP contribution in [-0.2, 0) is 4.79 Å². The first-order valence-electron chi connectivity index (χ1n) is 8.03. The van der Waals surface area contributed by atoms with Crippen molar-refractivity contribution in [3.63, 3.8) is 0 Å². The summed E-state index contributed by atoms with van der Waals surface area (Å²) in [5.41, 5.74) is 4.36. The number of carbonyl (C=O) groups is 1. The average Bonchev–Trinajstić information content (AvgIpc) is 2.64. The first-order chi connectivity index (χ1) is 12.1. The molecule has 0 saturated heterocycles. The van der Waals surface area contributed by atoms with Crippen LogP contribution >= 0.6 is 15.9 Å². The Hall–Kier alpha value is -2.65. The standard InChI is InChI=1S/C22H18BrNO/c1-16-14-19(12-13-21(16)23)24-22(25)20(18-10-6-3-7-11-18)15-17-8-4-2-5-9-17/h2-15H,1H3,(H,24,25). The summed E-state index contributed by atoms with van der Waals surface area (Å²) in [6.07, 6.45) is 1.91. The first-order valence-corrected chi connectivity index (χ1v) is 8.82. The minimum absolute atomic E-state index is 0.128. The largest absolute Gasteiger partial charge is 0.322 e. The minimum atomic E-state index is -0.128. The lowest BCUT2D eigenvalue weighted by molar-refractivity contribution is -0.111. The molecule has 0 saturated carbocycles. The SMILES string of the molecule is Cc1cc(NC(=O)C(=Cc2ccccc2)c2ccccc2)ccc1Br. The van der Waals surface area contributed by atoms with Gasteiger partial charge < -0.3 is 5.32 Å². The van der Waals surface area contributed by atoms with Gasteiger partial charge in [-0.25, -0.2) is 0 Å². The number of nitrogens with one attached hydrogen (secondary N) is 1. The minimum Gasteiger partial charge on any atom is -0.322 e. The summed E-state index contributed by atoms with van der Waals surface area (Å²) in [5, 5.41) is 3.00. The molecule has 0 fully saturated rings. The Kier molecular flexibility index (Phi) is 5.46. The summed E-state index contributed by atoms with van der Waals surface area (Å²) >= 11 is 3.48. The number of rotatable bonds is 4. The molecule has 3 aromatic carbocycles. The molecule has 0 bridgehead atoms. The zero-order chi connectivity index (χ0) is 17.6. The van der Waals surface area contributed by atoms with Crippen LogP contribution in [0.15, 0.2) is 83.3 Å². The molecule has 25 heavy (non-hydrogen) atoms. The van der Waals surface area contributed by atoms with Crippen LogP contribution in [0.4, 0.5) is 5.69 Å². The maximum Gasteiger partial charge on any atom is 0.256 e. The molecule has 0 aliphatic carbocycles. The first kappa shape index (κ1) is 17.2. The van der Waals surface area contributed by atoms with Crippen LogP contribution in [0.1, 0.15) is 16.7 Å². The monoisotopic (exact) mass is 391 g/mol. The molecule has 1 amide bonds. The molecule has 0 spiro atoms. The highest BCUT2D eigenvalue weighted by Crippen LogP contribution is 2.23. The lowest BCUT2D eigenvalue weighted by Crippen LogP contribution is -2.13. The number of carbonyl (C=O) groups excluding carboxylic acids is 1. The molecule has 3 heteroatoms.